The third-order valence-corrected chi connectivity index (χ3v) is 5.44. The molecule has 3 aromatic carbocycles. The molecule has 4 rings (SSSR count). The molecule has 1 aliphatic heterocycles. The smallest absolute Gasteiger partial charge is 0.407 e. The number of ether oxygens (including phenoxy) is 3. The number of para-hydroxylation sites is 1. The van der Waals surface area contributed by atoms with Crippen molar-refractivity contribution in [2.45, 2.75) is 19.1 Å². The first-order valence-electron chi connectivity index (χ1n) is 10.1. The van der Waals surface area contributed by atoms with Crippen LogP contribution in [0.5, 0.6) is 17.2 Å². The van der Waals surface area contributed by atoms with Crippen LogP contribution in [0.4, 0.5) is 4.79 Å². The Morgan fingerprint density at radius 3 is 2.55 bits per heavy atom. The highest BCUT2D eigenvalue weighted by Crippen LogP contribution is 2.43. The Labute approximate surface area is 181 Å². The summed E-state index contributed by atoms with van der Waals surface area (Å²) in [6.45, 7) is 0.615. The molecule has 1 amide bonds. The van der Waals surface area contributed by atoms with E-state index in [1.54, 1.807) is 14.2 Å². The third kappa shape index (κ3) is 4.43. The van der Waals surface area contributed by atoms with Gasteiger partial charge < -0.3 is 24.2 Å². The minimum Gasteiger partial charge on any atom is -0.497 e. The highest BCUT2D eigenvalue weighted by atomic mass is 16.5. The van der Waals surface area contributed by atoms with Crippen molar-refractivity contribution in [2.24, 2.45) is 0 Å². The van der Waals surface area contributed by atoms with Gasteiger partial charge in [-0.1, -0.05) is 48.5 Å². The van der Waals surface area contributed by atoms with Crippen molar-refractivity contribution in [1.29, 1.82) is 0 Å². The second kappa shape index (κ2) is 9.00. The molecule has 1 N–H and O–H groups in total. The van der Waals surface area contributed by atoms with E-state index in [2.05, 4.69) is 0 Å². The second-order valence-corrected chi connectivity index (χ2v) is 7.45. The standard InChI is InChI=1S/C25H25NO5/c1-29-19-11-12-21(23(14-19)30-2)22-10-6-9-18-13-20(31-24(18)22)16-26(25(27)28)15-17-7-4-3-5-8-17/h3-12,14,20H,13,15-16H2,1-2H3,(H,27,28). The van der Waals surface area contributed by atoms with Crippen LogP contribution in [0.2, 0.25) is 0 Å². The molecule has 0 spiro atoms. The summed E-state index contributed by atoms with van der Waals surface area (Å²) in [7, 11) is 3.24. The zero-order chi connectivity index (χ0) is 21.8. The van der Waals surface area contributed by atoms with Crippen molar-refractivity contribution in [3.63, 3.8) is 0 Å². The van der Waals surface area contributed by atoms with Crippen LogP contribution < -0.4 is 14.2 Å². The molecular weight excluding hydrogens is 394 g/mol. The molecular formula is C25H25NO5. The molecule has 0 bridgehead atoms. The number of carbonyl (C=O) groups is 1. The first-order chi connectivity index (χ1) is 15.1. The molecule has 6 nitrogen and oxygen atoms in total. The first-order valence-corrected chi connectivity index (χ1v) is 10.1. The summed E-state index contributed by atoms with van der Waals surface area (Å²) in [6.07, 6.45) is -0.555. The van der Waals surface area contributed by atoms with E-state index in [0.29, 0.717) is 24.5 Å². The number of hydrogen-bond donors (Lipinski definition) is 1. The molecule has 0 radical (unpaired) electrons. The molecule has 0 aliphatic carbocycles. The van der Waals surface area contributed by atoms with Crippen molar-refractivity contribution in [2.75, 3.05) is 20.8 Å². The van der Waals surface area contributed by atoms with Crippen LogP contribution in [0.15, 0.2) is 66.7 Å². The van der Waals surface area contributed by atoms with Crippen LogP contribution in [0.25, 0.3) is 11.1 Å². The van der Waals surface area contributed by atoms with Gasteiger partial charge in [-0.05, 0) is 23.3 Å². The van der Waals surface area contributed by atoms with Gasteiger partial charge in [0.25, 0.3) is 0 Å². The number of nitrogens with zero attached hydrogens (tertiary/aromatic N) is 1. The van der Waals surface area contributed by atoms with E-state index < -0.39 is 6.09 Å². The highest BCUT2D eigenvalue weighted by Gasteiger charge is 2.29. The number of carboxylic acid groups (broad SMARTS) is 1. The molecule has 1 aliphatic rings. The van der Waals surface area contributed by atoms with Crippen LogP contribution in [-0.2, 0) is 13.0 Å². The van der Waals surface area contributed by atoms with Gasteiger partial charge in [0.2, 0.25) is 0 Å². The molecule has 1 atom stereocenters. The van der Waals surface area contributed by atoms with Gasteiger partial charge in [-0.2, -0.15) is 0 Å². The maximum absolute atomic E-state index is 11.8. The third-order valence-electron chi connectivity index (χ3n) is 5.44. The lowest BCUT2D eigenvalue weighted by Crippen LogP contribution is -2.37. The Morgan fingerprint density at radius 2 is 1.84 bits per heavy atom. The van der Waals surface area contributed by atoms with Crippen molar-refractivity contribution >= 4 is 6.09 Å². The molecule has 160 valence electrons. The van der Waals surface area contributed by atoms with Gasteiger partial charge in [0.1, 0.15) is 23.4 Å². The van der Waals surface area contributed by atoms with Crippen LogP contribution in [0, 0.1) is 0 Å². The number of hydrogen-bond acceptors (Lipinski definition) is 4. The largest absolute Gasteiger partial charge is 0.497 e. The minimum absolute atomic E-state index is 0.250. The van der Waals surface area contributed by atoms with Crippen molar-refractivity contribution in [3.8, 4) is 28.4 Å². The monoisotopic (exact) mass is 419 g/mol. The summed E-state index contributed by atoms with van der Waals surface area (Å²) >= 11 is 0. The van der Waals surface area contributed by atoms with E-state index in [0.717, 1.165) is 28.0 Å². The summed E-state index contributed by atoms with van der Waals surface area (Å²) < 4.78 is 17.1. The number of rotatable bonds is 7. The molecule has 31 heavy (non-hydrogen) atoms. The Hall–Kier alpha value is -3.67. The lowest BCUT2D eigenvalue weighted by molar-refractivity contribution is 0.113. The molecule has 0 aromatic heterocycles. The zero-order valence-electron chi connectivity index (χ0n) is 17.6. The SMILES string of the molecule is COc1ccc(-c2cccc3c2OC(CN(Cc2ccccc2)C(=O)O)C3)c(OC)c1. The van der Waals surface area contributed by atoms with Crippen molar-refractivity contribution in [1.82, 2.24) is 4.90 Å². The van der Waals surface area contributed by atoms with Crippen LogP contribution in [0.3, 0.4) is 0 Å². The van der Waals surface area contributed by atoms with E-state index in [1.165, 1.54) is 4.90 Å². The summed E-state index contributed by atoms with van der Waals surface area (Å²) in [5.41, 5.74) is 3.83. The Morgan fingerprint density at radius 1 is 1.03 bits per heavy atom. The maximum atomic E-state index is 11.8. The van der Waals surface area contributed by atoms with Gasteiger partial charge in [0.15, 0.2) is 0 Å². The van der Waals surface area contributed by atoms with E-state index in [4.69, 9.17) is 14.2 Å². The fourth-order valence-corrected chi connectivity index (χ4v) is 3.93. The van der Waals surface area contributed by atoms with Gasteiger partial charge in [0.05, 0.1) is 20.8 Å². The van der Waals surface area contributed by atoms with Crippen LogP contribution in [0.1, 0.15) is 11.1 Å². The zero-order valence-corrected chi connectivity index (χ0v) is 17.6. The highest BCUT2D eigenvalue weighted by molar-refractivity contribution is 5.78. The Balaban J connectivity index is 1.56. The summed E-state index contributed by atoms with van der Waals surface area (Å²) in [5.74, 6) is 2.18. The van der Waals surface area contributed by atoms with Crippen molar-refractivity contribution < 1.29 is 24.1 Å². The van der Waals surface area contributed by atoms with E-state index >= 15 is 0 Å². The Bertz CT molecular complexity index is 1070. The summed E-state index contributed by atoms with van der Waals surface area (Å²) in [6, 6.07) is 21.3. The fourth-order valence-electron chi connectivity index (χ4n) is 3.93. The Kier molecular flexibility index (Phi) is 5.98. The number of benzene rings is 3. The fraction of sp³-hybridized carbons (Fsp3) is 0.240. The van der Waals surface area contributed by atoms with Gasteiger partial charge in [0, 0.05) is 30.2 Å². The number of fused-ring (bicyclic) bond motifs is 1. The van der Waals surface area contributed by atoms with Gasteiger partial charge >= 0.3 is 6.09 Å². The first kappa shape index (κ1) is 20.6. The summed E-state index contributed by atoms with van der Waals surface area (Å²) in [4.78, 5) is 13.2. The second-order valence-electron chi connectivity index (χ2n) is 7.45. The predicted octanol–water partition coefficient (Wildman–Crippen LogP) is 4.85. The van der Waals surface area contributed by atoms with E-state index in [1.807, 2.05) is 66.7 Å². The minimum atomic E-state index is -0.958. The topological polar surface area (TPSA) is 68.2 Å². The van der Waals surface area contributed by atoms with Gasteiger partial charge in [-0.3, -0.25) is 0 Å². The van der Waals surface area contributed by atoms with Gasteiger partial charge in [-0.15, -0.1) is 0 Å². The lowest BCUT2D eigenvalue weighted by Gasteiger charge is -2.23. The molecule has 3 aromatic rings. The van der Waals surface area contributed by atoms with Crippen LogP contribution in [-0.4, -0.2) is 43.0 Å². The van der Waals surface area contributed by atoms with Gasteiger partial charge in [-0.25, -0.2) is 4.79 Å². The van der Waals surface area contributed by atoms with Crippen LogP contribution >= 0.6 is 0 Å². The molecule has 0 saturated heterocycles. The van der Waals surface area contributed by atoms with E-state index in [9.17, 15) is 9.90 Å². The lowest BCUT2D eigenvalue weighted by atomic mass is 9.99. The summed E-state index contributed by atoms with van der Waals surface area (Å²) in [5, 5.41) is 9.70. The number of amides is 1. The molecule has 1 unspecified atom stereocenters. The predicted molar refractivity (Wildman–Crippen MR) is 118 cm³/mol. The average molecular weight is 419 g/mol. The average Bonchev–Trinajstić information content (AvgIpc) is 3.21. The van der Waals surface area contributed by atoms with E-state index in [-0.39, 0.29) is 12.6 Å². The maximum Gasteiger partial charge on any atom is 0.407 e. The molecule has 6 heteroatoms. The quantitative estimate of drug-likeness (QED) is 0.593. The molecule has 1 heterocycles. The molecule has 0 saturated carbocycles. The normalized spacial score (nSPS) is 14.5. The molecule has 0 fully saturated rings. The number of methoxy groups -OCH3 is 2. The van der Waals surface area contributed by atoms with Crippen molar-refractivity contribution in [3.05, 3.63) is 77.9 Å².